The Balaban J connectivity index is 1.51. The minimum atomic E-state index is -0.607. The molecule has 2 amide bonds. The Hall–Kier alpha value is -3.79. The lowest BCUT2D eigenvalue weighted by Gasteiger charge is -2.25. The van der Waals surface area contributed by atoms with Crippen molar-refractivity contribution in [3.05, 3.63) is 65.7 Å². The van der Waals surface area contributed by atoms with Gasteiger partial charge in [-0.3, -0.25) is 9.59 Å². The Morgan fingerprint density at radius 1 is 1.06 bits per heavy atom. The van der Waals surface area contributed by atoms with Gasteiger partial charge in [0.25, 0.3) is 0 Å². The van der Waals surface area contributed by atoms with Gasteiger partial charge >= 0.3 is 0 Å². The van der Waals surface area contributed by atoms with E-state index in [0.717, 1.165) is 30.0 Å². The fourth-order valence-corrected chi connectivity index (χ4v) is 3.63. The number of rotatable bonds is 6. The Bertz CT molecular complexity index is 993. The van der Waals surface area contributed by atoms with Crippen LogP contribution < -0.4 is 15.0 Å². The quantitative estimate of drug-likeness (QED) is 0.710. The van der Waals surface area contributed by atoms with E-state index in [1.54, 1.807) is 32.2 Å². The van der Waals surface area contributed by atoms with Crippen LogP contribution in [0.25, 0.3) is 6.08 Å². The van der Waals surface area contributed by atoms with E-state index in [1.807, 2.05) is 41.3 Å². The number of hydrogen-bond donors (Lipinski definition) is 1. The molecule has 3 rings (SSSR count). The molecule has 1 unspecified atom stereocenters. The van der Waals surface area contributed by atoms with Crippen LogP contribution in [-0.4, -0.2) is 56.0 Å². The van der Waals surface area contributed by atoms with Gasteiger partial charge in [0.2, 0.25) is 11.8 Å². The second-order valence-corrected chi connectivity index (χ2v) is 7.66. The zero-order valence-corrected chi connectivity index (χ0v) is 18.5. The van der Waals surface area contributed by atoms with Crippen LogP contribution in [0.3, 0.4) is 0 Å². The van der Waals surface area contributed by atoms with E-state index in [2.05, 4.69) is 16.3 Å². The fraction of sp³-hybridized carbons (Fsp3) is 0.320. The summed E-state index contributed by atoms with van der Waals surface area (Å²) in [6.07, 6.45) is 3.97. The number of methoxy groups -OCH3 is 1. The molecule has 1 atom stereocenters. The van der Waals surface area contributed by atoms with E-state index in [-0.39, 0.29) is 11.8 Å². The maximum absolute atomic E-state index is 12.9. The molecule has 0 saturated carbocycles. The first-order chi connectivity index (χ1) is 15.5. The highest BCUT2D eigenvalue weighted by Gasteiger charge is 2.24. The molecule has 2 aromatic rings. The first-order valence-corrected chi connectivity index (χ1v) is 10.7. The summed E-state index contributed by atoms with van der Waals surface area (Å²) in [5.41, 5.74) is 2.55. The number of carbonyl (C=O) groups excluding carboxylic acids is 2. The standard InChI is InChI=1S/C25H28N4O3/c1-19(27-24(30)13-8-20-6-11-23(32-2)12-7-20)25(31)29-15-3-14-28(16-17-29)22-9-4-21(18-26)5-10-22/h4-13,19H,3,14-17H2,1-2H3,(H,27,30)/b13-8+. The molecule has 0 spiro atoms. The van der Waals surface area contributed by atoms with Crippen molar-refractivity contribution < 1.29 is 14.3 Å². The summed E-state index contributed by atoms with van der Waals surface area (Å²) < 4.78 is 5.12. The molecule has 7 nitrogen and oxygen atoms in total. The molecule has 7 heteroatoms. The molecule has 1 aliphatic rings. The fourth-order valence-electron chi connectivity index (χ4n) is 3.63. The molecule has 1 N–H and O–H groups in total. The van der Waals surface area contributed by atoms with Crippen molar-refractivity contribution in [1.29, 1.82) is 5.26 Å². The largest absolute Gasteiger partial charge is 0.497 e. The van der Waals surface area contributed by atoms with Crippen LogP contribution in [0.1, 0.15) is 24.5 Å². The van der Waals surface area contributed by atoms with Crippen LogP contribution in [0, 0.1) is 11.3 Å². The third-order valence-corrected chi connectivity index (χ3v) is 5.44. The van der Waals surface area contributed by atoms with E-state index >= 15 is 0 Å². The predicted molar refractivity (Wildman–Crippen MR) is 124 cm³/mol. The average molecular weight is 433 g/mol. The topological polar surface area (TPSA) is 85.7 Å². The van der Waals surface area contributed by atoms with E-state index < -0.39 is 6.04 Å². The van der Waals surface area contributed by atoms with Crippen molar-refractivity contribution >= 4 is 23.6 Å². The lowest BCUT2D eigenvalue weighted by atomic mass is 10.2. The molecule has 1 fully saturated rings. The molecule has 1 saturated heterocycles. The molecule has 0 radical (unpaired) electrons. The summed E-state index contributed by atoms with van der Waals surface area (Å²) in [5, 5.41) is 11.7. The van der Waals surface area contributed by atoms with E-state index in [4.69, 9.17) is 10.00 Å². The summed E-state index contributed by atoms with van der Waals surface area (Å²) in [6, 6.07) is 16.4. The highest BCUT2D eigenvalue weighted by Crippen LogP contribution is 2.18. The number of anilines is 1. The van der Waals surface area contributed by atoms with Crippen LogP contribution in [0.2, 0.25) is 0 Å². The molecule has 32 heavy (non-hydrogen) atoms. The lowest BCUT2D eigenvalue weighted by Crippen LogP contribution is -2.47. The molecule has 0 aromatic heterocycles. The van der Waals surface area contributed by atoms with Gasteiger partial charge in [-0.1, -0.05) is 12.1 Å². The predicted octanol–water partition coefficient (Wildman–Crippen LogP) is 2.82. The second-order valence-electron chi connectivity index (χ2n) is 7.66. The van der Waals surface area contributed by atoms with Gasteiger partial charge < -0.3 is 19.9 Å². The van der Waals surface area contributed by atoms with Gasteiger partial charge in [-0.15, -0.1) is 0 Å². The number of amides is 2. The van der Waals surface area contributed by atoms with Crippen molar-refractivity contribution in [1.82, 2.24) is 10.2 Å². The van der Waals surface area contributed by atoms with Crippen molar-refractivity contribution in [3.63, 3.8) is 0 Å². The van der Waals surface area contributed by atoms with Gasteiger partial charge in [-0.2, -0.15) is 5.26 Å². The third kappa shape index (κ3) is 6.11. The van der Waals surface area contributed by atoms with Gasteiger partial charge in [0.15, 0.2) is 0 Å². The Morgan fingerprint density at radius 2 is 1.78 bits per heavy atom. The van der Waals surface area contributed by atoms with Gasteiger partial charge in [0.05, 0.1) is 18.7 Å². The van der Waals surface area contributed by atoms with Crippen LogP contribution in [-0.2, 0) is 9.59 Å². The number of ether oxygens (including phenoxy) is 1. The molecule has 1 aliphatic heterocycles. The highest BCUT2D eigenvalue weighted by atomic mass is 16.5. The Labute approximate surface area is 188 Å². The SMILES string of the molecule is COc1ccc(/C=C/C(=O)NC(C)C(=O)N2CCCN(c3ccc(C#N)cc3)CC2)cc1. The average Bonchev–Trinajstić information content (AvgIpc) is 3.09. The van der Waals surface area contributed by atoms with Crippen LogP contribution in [0.4, 0.5) is 5.69 Å². The Kier molecular flexibility index (Phi) is 7.87. The van der Waals surface area contributed by atoms with Crippen molar-refractivity contribution in [2.45, 2.75) is 19.4 Å². The molecule has 0 aliphatic carbocycles. The number of hydrogen-bond acceptors (Lipinski definition) is 5. The van der Waals surface area contributed by atoms with E-state index in [0.29, 0.717) is 25.2 Å². The zero-order valence-electron chi connectivity index (χ0n) is 18.5. The van der Waals surface area contributed by atoms with Crippen LogP contribution >= 0.6 is 0 Å². The summed E-state index contributed by atoms with van der Waals surface area (Å²) in [5.74, 6) is 0.356. The van der Waals surface area contributed by atoms with Crippen molar-refractivity contribution in [3.8, 4) is 11.8 Å². The van der Waals surface area contributed by atoms with E-state index in [9.17, 15) is 9.59 Å². The highest BCUT2D eigenvalue weighted by molar-refractivity contribution is 5.95. The van der Waals surface area contributed by atoms with Gasteiger partial charge in [-0.25, -0.2) is 0 Å². The molecule has 0 bridgehead atoms. The number of benzene rings is 2. The van der Waals surface area contributed by atoms with Crippen molar-refractivity contribution in [2.24, 2.45) is 0 Å². The monoisotopic (exact) mass is 432 g/mol. The molecular weight excluding hydrogens is 404 g/mol. The maximum atomic E-state index is 12.9. The molecule has 2 aromatic carbocycles. The molecular formula is C25H28N4O3. The molecule has 166 valence electrons. The smallest absolute Gasteiger partial charge is 0.244 e. The normalized spacial score (nSPS) is 15.0. The summed E-state index contributed by atoms with van der Waals surface area (Å²) in [6.45, 7) is 4.48. The Morgan fingerprint density at radius 3 is 2.44 bits per heavy atom. The first kappa shape index (κ1) is 22.9. The van der Waals surface area contributed by atoms with Crippen LogP contribution in [0.15, 0.2) is 54.6 Å². The number of carbonyl (C=O) groups is 2. The third-order valence-electron chi connectivity index (χ3n) is 5.44. The molecule has 1 heterocycles. The van der Waals surface area contributed by atoms with E-state index in [1.165, 1.54) is 6.08 Å². The maximum Gasteiger partial charge on any atom is 0.244 e. The van der Waals surface area contributed by atoms with Crippen molar-refractivity contribution in [2.75, 3.05) is 38.2 Å². The van der Waals surface area contributed by atoms with Crippen LogP contribution in [0.5, 0.6) is 5.75 Å². The van der Waals surface area contributed by atoms with Gasteiger partial charge in [0, 0.05) is 37.9 Å². The second kappa shape index (κ2) is 11.0. The first-order valence-electron chi connectivity index (χ1n) is 10.7. The van der Waals surface area contributed by atoms with Gasteiger partial charge in [0.1, 0.15) is 11.8 Å². The minimum Gasteiger partial charge on any atom is -0.497 e. The number of nitrogens with zero attached hydrogens (tertiary/aromatic N) is 3. The summed E-state index contributed by atoms with van der Waals surface area (Å²) in [7, 11) is 1.60. The van der Waals surface area contributed by atoms with Gasteiger partial charge in [-0.05, 0) is 61.4 Å². The minimum absolute atomic E-state index is 0.0853. The number of nitrogens with one attached hydrogen (secondary N) is 1. The lowest BCUT2D eigenvalue weighted by molar-refractivity contribution is -0.134. The number of nitriles is 1. The summed E-state index contributed by atoms with van der Waals surface area (Å²) >= 11 is 0. The zero-order chi connectivity index (χ0) is 22.9. The summed E-state index contributed by atoms with van der Waals surface area (Å²) in [4.78, 5) is 29.2.